The third-order valence-corrected chi connectivity index (χ3v) is 4.07. The summed E-state index contributed by atoms with van der Waals surface area (Å²) in [5, 5.41) is 1.08. The van der Waals surface area contributed by atoms with E-state index in [1.165, 1.54) is 16.7 Å². The number of rotatable bonds is 3. The second kappa shape index (κ2) is 5.65. The molecule has 0 amide bonds. The van der Waals surface area contributed by atoms with Crippen molar-refractivity contribution in [2.75, 3.05) is 0 Å². The summed E-state index contributed by atoms with van der Waals surface area (Å²) in [6, 6.07) is 12.9. The van der Waals surface area contributed by atoms with Gasteiger partial charge in [0.05, 0.1) is 11.2 Å². The predicted molar refractivity (Wildman–Crippen MR) is 88.4 cm³/mol. The fourth-order valence-corrected chi connectivity index (χ4v) is 2.61. The van der Waals surface area contributed by atoms with E-state index in [0.29, 0.717) is 5.92 Å². The van der Waals surface area contributed by atoms with Gasteiger partial charge in [0.1, 0.15) is 0 Å². The molecule has 0 aliphatic carbocycles. The highest BCUT2D eigenvalue weighted by atomic mass is 14.7. The molecule has 0 aliphatic rings. The predicted octanol–water partition coefficient (Wildman–Crippen LogP) is 5.12. The van der Waals surface area contributed by atoms with Crippen molar-refractivity contribution >= 4 is 10.9 Å². The minimum Gasteiger partial charge on any atom is -0.264 e. The number of hydrogen-bond donors (Lipinski definition) is 0. The molecule has 1 atom stereocenters. The summed E-state index contributed by atoms with van der Waals surface area (Å²) < 4.78 is 0. The number of aromatic nitrogens is 2. The van der Waals surface area contributed by atoms with Crippen molar-refractivity contribution in [3.05, 3.63) is 59.9 Å². The van der Waals surface area contributed by atoms with Gasteiger partial charge in [-0.3, -0.25) is 4.98 Å². The number of aryl methyl sites for hydroxylation is 1. The van der Waals surface area contributed by atoms with Gasteiger partial charge in [0, 0.05) is 23.3 Å². The summed E-state index contributed by atoms with van der Waals surface area (Å²) in [4.78, 5) is 8.91. The summed E-state index contributed by atoms with van der Waals surface area (Å²) in [6.45, 7) is 6.66. The minimum atomic E-state index is 0.577. The number of nitrogens with zero attached hydrogens (tertiary/aromatic N) is 2. The summed E-state index contributed by atoms with van der Waals surface area (Å²) in [5.74, 6) is 0.577. The molecule has 21 heavy (non-hydrogen) atoms. The molecule has 0 N–H and O–H groups in total. The Balaban J connectivity index is 2.11. The third-order valence-electron chi connectivity index (χ3n) is 4.07. The molecule has 0 fully saturated rings. The average Bonchev–Trinajstić information content (AvgIpc) is 2.53. The number of hydrogen-bond acceptors (Lipinski definition) is 2. The first-order chi connectivity index (χ1) is 10.2. The van der Waals surface area contributed by atoms with E-state index < -0.39 is 0 Å². The van der Waals surface area contributed by atoms with E-state index in [-0.39, 0.29) is 0 Å². The number of benzene rings is 1. The average molecular weight is 276 g/mol. The summed E-state index contributed by atoms with van der Waals surface area (Å²) in [6.07, 6.45) is 4.80. The first-order valence-electron chi connectivity index (χ1n) is 7.50. The molecule has 0 saturated heterocycles. The Morgan fingerprint density at radius 3 is 2.76 bits per heavy atom. The Bertz CT molecular complexity index is 777. The van der Waals surface area contributed by atoms with Crippen LogP contribution in [0.15, 0.2) is 48.8 Å². The van der Waals surface area contributed by atoms with Gasteiger partial charge in [-0.25, -0.2) is 4.98 Å². The van der Waals surface area contributed by atoms with Crippen LogP contribution in [-0.4, -0.2) is 9.97 Å². The Kier molecular flexibility index (Phi) is 3.70. The van der Waals surface area contributed by atoms with Crippen molar-refractivity contribution in [1.29, 1.82) is 0 Å². The molecule has 1 aromatic carbocycles. The third kappa shape index (κ3) is 2.80. The molecule has 106 valence electrons. The number of pyridine rings is 2. The SMILES string of the molecule is CCC(C)c1cc(C)cc(-c2ccc3cnccc3n2)c1. The monoisotopic (exact) mass is 276 g/mol. The molecule has 2 nitrogen and oxygen atoms in total. The zero-order chi connectivity index (χ0) is 14.8. The van der Waals surface area contributed by atoms with Crippen LogP contribution in [0.2, 0.25) is 0 Å². The topological polar surface area (TPSA) is 25.8 Å². The lowest BCUT2D eigenvalue weighted by Crippen LogP contribution is -1.94. The van der Waals surface area contributed by atoms with E-state index in [4.69, 9.17) is 4.98 Å². The van der Waals surface area contributed by atoms with Crippen LogP contribution in [0.3, 0.4) is 0 Å². The Morgan fingerprint density at radius 2 is 1.95 bits per heavy atom. The van der Waals surface area contributed by atoms with E-state index in [1.807, 2.05) is 12.3 Å². The van der Waals surface area contributed by atoms with Crippen molar-refractivity contribution in [3.8, 4) is 11.3 Å². The smallest absolute Gasteiger partial charge is 0.0740 e. The van der Waals surface area contributed by atoms with Crippen molar-refractivity contribution in [1.82, 2.24) is 9.97 Å². The van der Waals surface area contributed by atoms with Crippen LogP contribution < -0.4 is 0 Å². The Labute approximate surface area is 125 Å². The van der Waals surface area contributed by atoms with E-state index >= 15 is 0 Å². The van der Waals surface area contributed by atoms with Gasteiger partial charge in [-0.1, -0.05) is 25.5 Å². The minimum absolute atomic E-state index is 0.577. The standard InChI is InChI=1S/C19H20N2/c1-4-14(3)16-9-13(2)10-17(11-16)18-6-5-15-12-20-8-7-19(15)21-18/h5-12,14H,4H2,1-3H3. The summed E-state index contributed by atoms with van der Waals surface area (Å²) >= 11 is 0. The second-order valence-electron chi connectivity index (χ2n) is 5.71. The molecule has 0 saturated carbocycles. The van der Waals surface area contributed by atoms with Crippen molar-refractivity contribution in [2.24, 2.45) is 0 Å². The molecule has 0 spiro atoms. The largest absolute Gasteiger partial charge is 0.264 e. The Hall–Kier alpha value is -2.22. The van der Waals surface area contributed by atoms with Crippen LogP contribution in [0, 0.1) is 6.92 Å². The molecule has 2 aromatic heterocycles. The maximum Gasteiger partial charge on any atom is 0.0740 e. The van der Waals surface area contributed by atoms with Gasteiger partial charge >= 0.3 is 0 Å². The quantitative estimate of drug-likeness (QED) is 0.663. The van der Waals surface area contributed by atoms with Crippen molar-refractivity contribution < 1.29 is 0 Å². The van der Waals surface area contributed by atoms with Crippen LogP contribution >= 0.6 is 0 Å². The van der Waals surface area contributed by atoms with Gasteiger partial charge in [0.2, 0.25) is 0 Å². The normalized spacial score (nSPS) is 12.5. The zero-order valence-corrected chi connectivity index (χ0v) is 12.8. The van der Waals surface area contributed by atoms with Crippen LogP contribution in [0.4, 0.5) is 0 Å². The summed E-state index contributed by atoms with van der Waals surface area (Å²) in [5.41, 5.74) is 5.91. The molecule has 2 heterocycles. The van der Waals surface area contributed by atoms with Crippen LogP contribution in [0.25, 0.3) is 22.2 Å². The number of fused-ring (bicyclic) bond motifs is 1. The molecule has 0 radical (unpaired) electrons. The van der Waals surface area contributed by atoms with Crippen LogP contribution in [0.1, 0.15) is 37.3 Å². The van der Waals surface area contributed by atoms with Crippen LogP contribution in [0.5, 0.6) is 0 Å². The fraction of sp³-hybridized carbons (Fsp3) is 0.263. The van der Waals surface area contributed by atoms with Gasteiger partial charge in [-0.15, -0.1) is 0 Å². The van der Waals surface area contributed by atoms with Gasteiger partial charge in [0.15, 0.2) is 0 Å². The molecule has 2 heteroatoms. The lowest BCUT2D eigenvalue weighted by molar-refractivity contribution is 0.733. The van der Waals surface area contributed by atoms with E-state index in [9.17, 15) is 0 Å². The van der Waals surface area contributed by atoms with Crippen LogP contribution in [-0.2, 0) is 0 Å². The lowest BCUT2D eigenvalue weighted by Gasteiger charge is -2.12. The molecule has 3 rings (SSSR count). The van der Waals surface area contributed by atoms with Gasteiger partial charge in [0.25, 0.3) is 0 Å². The highest BCUT2D eigenvalue weighted by molar-refractivity contribution is 5.80. The highest BCUT2D eigenvalue weighted by Crippen LogP contribution is 2.27. The van der Waals surface area contributed by atoms with Crippen molar-refractivity contribution in [2.45, 2.75) is 33.1 Å². The molecular formula is C19H20N2. The Morgan fingerprint density at radius 1 is 1.10 bits per heavy atom. The van der Waals surface area contributed by atoms with Gasteiger partial charge in [-0.2, -0.15) is 0 Å². The lowest BCUT2D eigenvalue weighted by atomic mass is 9.94. The molecular weight excluding hydrogens is 256 g/mol. The van der Waals surface area contributed by atoms with Crippen molar-refractivity contribution in [3.63, 3.8) is 0 Å². The van der Waals surface area contributed by atoms with E-state index in [2.05, 4.69) is 56.1 Å². The highest BCUT2D eigenvalue weighted by Gasteiger charge is 2.08. The van der Waals surface area contributed by atoms with E-state index in [0.717, 1.165) is 23.0 Å². The fourth-order valence-electron chi connectivity index (χ4n) is 2.61. The first-order valence-corrected chi connectivity index (χ1v) is 7.50. The summed E-state index contributed by atoms with van der Waals surface area (Å²) in [7, 11) is 0. The molecule has 0 aliphatic heterocycles. The molecule has 3 aromatic rings. The molecule has 0 bridgehead atoms. The van der Waals surface area contributed by atoms with Gasteiger partial charge in [-0.05, 0) is 55.2 Å². The first kappa shape index (κ1) is 13.7. The maximum atomic E-state index is 4.77. The molecule has 1 unspecified atom stereocenters. The maximum absolute atomic E-state index is 4.77. The van der Waals surface area contributed by atoms with E-state index in [1.54, 1.807) is 6.20 Å². The van der Waals surface area contributed by atoms with Gasteiger partial charge < -0.3 is 0 Å². The second-order valence-corrected chi connectivity index (χ2v) is 5.71. The zero-order valence-electron chi connectivity index (χ0n) is 12.8.